The Labute approximate surface area is 126 Å². The summed E-state index contributed by atoms with van der Waals surface area (Å²) in [6.45, 7) is 0.820. The molecule has 0 unspecified atom stereocenters. The number of furan rings is 1. The van der Waals surface area contributed by atoms with Gasteiger partial charge in [-0.05, 0) is 30.3 Å². The van der Waals surface area contributed by atoms with Gasteiger partial charge in [0, 0.05) is 0 Å². The highest BCUT2D eigenvalue weighted by atomic mass is 35.5. The lowest BCUT2D eigenvalue weighted by Crippen LogP contribution is -2.37. The van der Waals surface area contributed by atoms with Crippen molar-refractivity contribution in [1.82, 2.24) is 10.6 Å². The highest BCUT2D eigenvalue weighted by Gasteiger charge is 2.04. The molecule has 0 bridgehead atoms. The molecule has 2 aromatic rings. The molecule has 0 fully saturated rings. The van der Waals surface area contributed by atoms with Gasteiger partial charge >= 0.3 is 6.03 Å². The SMILES string of the molecule is O=C(NCCOc1ccc(F)cc1Cl)NCc1ccco1. The summed E-state index contributed by atoms with van der Waals surface area (Å²) in [5.41, 5.74) is 0. The molecule has 7 heteroatoms. The number of carbonyl (C=O) groups excluding carboxylic acids is 1. The zero-order chi connectivity index (χ0) is 15.1. The number of amides is 2. The first-order chi connectivity index (χ1) is 10.1. The Kier molecular flexibility index (Phi) is 5.45. The van der Waals surface area contributed by atoms with Crippen LogP contribution < -0.4 is 15.4 Å². The number of benzene rings is 1. The van der Waals surface area contributed by atoms with Crippen LogP contribution in [0, 0.1) is 5.82 Å². The molecule has 21 heavy (non-hydrogen) atoms. The number of nitrogens with one attached hydrogen (secondary N) is 2. The Hall–Kier alpha value is -2.21. The molecule has 0 aliphatic carbocycles. The van der Waals surface area contributed by atoms with Crippen molar-refractivity contribution >= 4 is 17.6 Å². The van der Waals surface area contributed by atoms with Gasteiger partial charge in [-0.2, -0.15) is 0 Å². The molecule has 0 saturated carbocycles. The fraction of sp³-hybridized carbons (Fsp3) is 0.214. The minimum absolute atomic E-state index is 0.192. The Bertz CT molecular complexity index is 590. The quantitative estimate of drug-likeness (QED) is 0.806. The monoisotopic (exact) mass is 312 g/mol. The molecular weight excluding hydrogens is 299 g/mol. The van der Waals surface area contributed by atoms with Crippen molar-refractivity contribution in [2.45, 2.75) is 6.54 Å². The summed E-state index contributed by atoms with van der Waals surface area (Å²) >= 11 is 5.80. The van der Waals surface area contributed by atoms with Crippen LogP contribution in [0.3, 0.4) is 0 Å². The molecule has 0 aliphatic heterocycles. The van der Waals surface area contributed by atoms with Crippen LogP contribution >= 0.6 is 11.6 Å². The number of ether oxygens (including phenoxy) is 1. The second-order valence-corrected chi connectivity index (χ2v) is 4.52. The van der Waals surface area contributed by atoms with E-state index < -0.39 is 5.82 Å². The molecule has 2 N–H and O–H groups in total. The van der Waals surface area contributed by atoms with Crippen LogP contribution in [0.4, 0.5) is 9.18 Å². The average Bonchev–Trinajstić information content (AvgIpc) is 2.96. The second kappa shape index (κ2) is 7.54. The van der Waals surface area contributed by atoms with Crippen LogP contribution in [0.15, 0.2) is 41.0 Å². The molecule has 0 saturated heterocycles. The van der Waals surface area contributed by atoms with Gasteiger partial charge in [0.25, 0.3) is 0 Å². The number of carbonyl (C=O) groups is 1. The molecule has 1 aromatic heterocycles. The van der Waals surface area contributed by atoms with E-state index in [1.54, 1.807) is 12.1 Å². The van der Waals surface area contributed by atoms with Crippen LogP contribution in [0.1, 0.15) is 5.76 Å². The van der Waals surface area contributed by atoms with Gasteiger partial charge in [0.05, 0.1) is 24.4 Å². The standard InChI is InChI=1S/C14H14ClFN2O3/c15-12-8-10(16)3-4-13(12)21-7-5-17-14(19)18-9-11-2-1-6-20-11/h1-4,6,8H,5,7,9H2,(H2,17,18,19). The third-order valence-corrected chi connectivity index (χ3v) is 2.84. The fourth-order valence-corrected chi connectivity index (χ4v) is 1.78. The first kappa shape index (κ1) is 15.2. The third-order valence-electron chi connectivity index (χ3n) is 2.54. The maximum atomic E-state index is 12.8. The van der Waals surface area contributed by atoms with Gasteiger partial charge in [0.2, 0.25) is 0 Å². The summed E-state index contributed by atoms with van der Waals surface area (Å²) in [5, 5.41) is 5.43. The Morgan fingerprint density at radius 3 is 2.90 bits per heavy atom. The van der Waals surface area contributed by atoms with Crippen LogP contribution in [0.5, 0.6) is 5.75 Å². The van der Waals surface area contributed by atoms with Crippen molar-refractivity contribution in [2.75, 3.05) is 13.2 Å². The predicted octanol–water partition coefficient (Wildman–Crippen LogP) is 2.95. The average molecular weight is 313 g/mol. The largest absolute Gasteiger partial charge is 0.490 e. The van der Waals surface area contributed by atoms with Gasteiger partial charge in [0.15, 0.2) is 0 Å². The van der Waals surface area contributed by atoms with E-state index in [0.29, 0.717) is 18.1 Å². The molecule has 1 heterocycles. The van der Waals surface area contributed by atoms with E-state index in [2.05, 4.69) is 10.6 Å². The molecule has 0 atom stereocenters. The first-order valence-corrected chi connectivity index (χ1v) is 6.65. The Morgan fingerprint density at radius 2 is 2.19 bits per heavy atom. The lowest BCUT2D eigenvalue weighted by Gasteiger charge is -2.09. The van der Waals surface area contributed by atoms with E-state index in [0.717, 1.165) is 0 Å². The van der Waals surface area contributed by atoms with E-state index in [-0.39, 0.29) is 24.2 Å². The summed E-state index contributed by atoms with van der Waals surface area (Å²) in [5.74, 6) is 0.609. The summed E-state index contributed by atoms with van der Waals surface area (Å²) in [7, 11) is 0. The third kappa shape index (κ3) is 5.00. The lowest BCUT2D eigenvalue weighted by molar-refractivity contribution is 0.235. The normalized spacial score (nSPS) is 10.2. The van der Waals surface area contributed by atoms with Gasteiger partial charge in [-0.1, -0.05) is 11.6 Å². The lowest BCUT2D eigenvalue weighted by atomic mass is 10.3. The Morgan fingerprint density at radius 1 is 1.33 bits per heavy atom. The van der Waals surface area contributed by atoms with Gasteiger partial charge in [-0.15, -0.1) is 0 Å². The van der Waals surface area contributed by atoms with E-state index in [1.807, 2.05) is 0 Å². The van der Waals surface area contributed by atoms with Crippen LogP contribution in [-0.4, -0.2) is 19.2 Å². The predicted molar refractivity (Wildman–Crippen MR) is 75.9 cm³/mol. The van der Waals surface area contributed by atoms with Crippen LogP contribution in [0.25, 0.3) is 0 Å². The van der Waals surface area contributed by atoms with Gasteiger partial charge in [-0.3, -0.25) is 0 Å². The van der Waals surface area contributed by atoms with Crippen molar-refractivity contribution in [3.63, 3.8) is 0 Å². The molecule has 0 aliphatic rings. The van der Waals surface area contributed by atoms with Gasteiger partial charge < -0.3 is 19.8 Å². The van der Waals surface area contributed by atoms with Crippen molar-refractivity contribution in [1.29, 1.82) is 0 Å². The smallest absolute Gasteiger partial charge is 0.315 e. The maximum Gasteiger partial charge on any atom is 0.315 e. The van der Waals surface area contributed by atoms with E-state index >= 15 is 0 Å². The second-order valence-electron chi connectivity index (χ2n) is 4.11. The number of urea groups is 1. The first-order valence-electron chi connectivity index (χ1n) is 6.27. The topological polar surface area (TPSA) is 63.5 Å². The fourth-order valence-electron chi connectivity index (χ4n) is 1.56. The highest BCUT2D eigenvalue weighted by molar-refractivity contribution is 6.32. The minimum atomic E-state index is -0.428. The van der Waals surface area contributed by atoms with Crippen LogP contribution in [-0.2, 0) is 6.54 Å². The molecular formula is C14H14ClFN2O3. The molecule has 2 rings (SSSR count). The number of hydrogen-bond donors (Lipinski definition) is 2. The van der Waals surface area contributed by atoms with Crippen LogP contribution in [0.2, 0.25) is 5.02 Å². The molecule has 1 aromatic carbocycles. The highest BCUT2D eigenvalue weighted by Crippen LogP contribution is 2.24. The van der Waals surface area contributed by atoms with Crippen molar-refractivity contribution in [2.24, 2.45) is 0 Å². The summed E-state index contributed by atoms with van der Waals surface area (Å²) in [6, 6.07) is 7.04. The van der Waals surface area contributed by atoms with Crippen molar-refractivity contribution in [3.8, 4) is 5.75 Å². The Balaban J connectivity index is 1.64. The van der Waals surface area contributed by atoms with E-state index in [9.17, 15) is 9.18 Å². The molecule has 2 amide bonds. The molecule has 5 nitrogen and oxygen atoms in total. The zero-order valence-corrected chi connectivity index (χ0v) is 11.8. The minimum Gasteiger partial charge on any atom is -0.490 e. The van der Waals surface area contributed by atoms with Crippen molar-refractivity contribution in [3.05, 3.63) is 53.2 Å². The summed E-state index contributed by atoms with van der Waals surface area (Å²) < 4.78 is 23.2. The summed E-state index contributed by atoms with van der Waals surface area (Å²) in [4.78, 5) is 11.5. The van der Waals surface area contributed by atoms with Gasteiger partial charge in [0.1, 0.15) is 23.9 Å². The molecule has 0 spiro atoms. The number of hydrogen-bond acceptors (Lipinski definition) is 3. The number of rotatable bonds is 6. The summed E-state index contributed by atoms with van der Waals surface area (Å²) in [6.07, 6.45) is 1.54. The van der Waals surface area contributed by atoms with Gasteiger partial charge in [-0.25, -0.2) is 9.18 Å². The molecule has 0 radical (unpaired) electrons. The maximum absolute atomic E-state index is 12.8. The van der Waals surface area contributed by atoms with E-state index in [1.165, 1.54) is 24.5 Å². The zero-order valence-electron chi connectivity index (χ0n) is 11.1. The van der Waals surface area contributed by atoms with E-state index in [4.69, 9.17) is 20.8 Å². The van der Waals surface area contributed by atoms with Crippen molar-refractivity contribution < 1.29 is 18.3 Å². The molecule has 112 valence electrons. The number of halogens is 2.